The molecule has 18 heavy (non-hydrogen) atoms. The van der Waals surface area contributed by atoms with Crippen LogP contribution in [-0.4, -0.2) is 4.98 Å². The Kier molecular flexibility index (Phi) is 3.30. The van der Waals surface area contributed by atoms with Crippen LogP contribution < -0.4 is 5.73 Å². The van der Waals surface area contributed by atoms with Gasteiger partial charge in [0.15, 0.2) is 0 Å². The molecular weight excluding hydrogens is 309 g/mol. The van der Waals surface area contributed by atoms with Crippen LogP contribution in [0.15, 0.2) is 41.1 Å². The lowest BCUT2D eigenvalue weighted by atomic mass is 10.0. The van der Waals surface area contributed by atoms with Crippen molar-refractivity contribution in [1.29, 1.82) is 0 Å². The molecule has 0 amide bonds. The predicted octanol–water partition coefficient (Wildman–Crippen LogP) is 4.11. The molecule has 2 aromatic rings. The second kappa shape index (κ2) is 4.61. The number of aromatic nitrogens is 1. The minimum Gasteiger partial charge on any atom is -0.398 e. The molecule has 1 heterocycles. The predicted molar refractivity (Wildman–Crippen MR) is 66.8 cm³/mol. The fourth-order valence-corrected chi connectivity index (χ4v) is 1.90. The van der Waals surface area contributed by atoms with Crippen molar-refractivity contribution in [2.45, 2.75) is 6.18 Å². The minimum absolute atomic E-state index is 0.371. The van der Waals surface area contributed by atoms with E-state index in [1.807, 2.05) is 0 Å². The topological polar surface area (TPSA) is 38.9 Å². The van der Waals surface area contributed by atoms with E-state index in [1.165, 1.54) is 12.3 Å². The fourth-order valence-electron chi connectivity index (χ4n) is 1.55. The average Bonchev–Trinajstić information content (AvgIpc) is 2.28. The monoisotopic (exact) mass is 316 g/mol. The maximum atomic E-state index is 12.6. The van der Waals surface area contributed by atoms with Gasteiger partial charge in [-0.2, -0.15) is 13.2 Å². The smallest absolute Gasteiger partial charge is 0.398 e. The lowest BCUT2D eigenvalue weighted by molar-refractivity contribution is -0.137. The van der Waals surface area contributed by atoms with Crippen LogP contribution in [0.25, 0.3) is 11.1 Å². The largest absolute Gasteiger partial charge is 0.416 e. The fraction of sp³-hybridized carbons (Fsp3) is 0.0833. The van der Waals surface area contributed by atoms with E-state index in [9.17, 15) is 13.2 Å². The molecule has 2 N–H and O–H groups in total. The van der Waals surface area contributed by atoms with Crippen LogP contribution in [-0.2, 0) is 6.18 Å². The molecule has 0 aliphatic heterocycles. The van der Waals surface area contributed by atoms with Gasteiger partial charge in [-0.05, 0) is 39.7 Å². The third-order valence-corrected chi connectivity index (χ3v) is 2.84. The van der Waals surface area contributed by atoms with E-state index in [1.54, 1.807) is 12.1 Å². The van der Waals surface area contributed by atoms with Crippen molar-refractivity contribution in [3.63, 3.8) is 0 Å². The van der Waals surface area contributed by atoms with Crippen molar-refractivity contribution < 1.29 is 13.2 Å². The normalized spacial score (nSPS) is 11.6. The lowest BCUT2D eigenvalue weighted by Crippen LogP contribution is -2.04. The summed E-state index contributed by atoms with van der Waals surface area (Å²) in [6.07, 6.45) is -2.93. The second-order valence-electron chi connectivity index (χ2n) is 3.67. The summed E-state index contributed by atoms with van der Waals surface area (Å²) in [6, 6.07) is 6.54. The highest BCUT2D eigenvalue weighted by Gasteiger charge is 2.30. The number of nitrogen functional groups attached to an aromatic ring is 1. The maximum absolute atomic E-state index is 12.6. The third-order valence-electron chi connectivity index (χ3n) is 2.40. The molecule has 6 heteroatoms. The number of pyridine rings is 1. The third kappa shape index (κ3) is 2.64. The summed E-state index contributed by atoms with van der Waals surface area (Å²) in [5.41, 5.74) is 6.29. The molecule has 0 atom stereocenters. The summed E-state index contributed by atoms with van der Waals surface area (Å²) in [7, 11) is 0. The van der Waals surface area contributed by atoms with E-state index in [0.717, 1.165) is 12.1 Å². The Morgan fingerprint density at radius 1 is 1.17 bits per heavy atom. The molecule has 1 aromatic heterocycles. The molecule has 0 unspecified atom stereocenters. The summed E-state index contributed by atoms with van der Waals surface area (Å²) < 4.78 is 38.3. The van der Waals surface area contributed by atoms with Gasteiger partial charge in [0.1, 0.15) is 4.60 Å². The molecule has 0 bridgehead atoms. The van der Waals surface area contributed by atoms with Gasteiger partial charge in [0.2, 0.25) is 0 Å². The van der Waals surface area contributed by atoms with E-state index < -0.39 is 11.7 Å². The van der Waals surface area contributed by atoms with Gasteiger partial charge in [-0.1, -0.05) is 12.1 Å². The Morgan fingerprint density at radius 3 is 2.50 bits per heavy atom. The molecule has 0 fully saturated rings. The standard InChI is InChI=1S/C12H8BrF3N2/c13-11-5-10(17)9(6-18-11)7-2-1-3-8(4-7)12(14,15)16/h1-6H,(H2,17,18). The molecule has 0 radical (unpaired) electrons. The first kappa shape index (κ1) is 12.9. The van der Waals surface area contributed by atoms with Crippen molar-refractivity contribution in [2.75, 3.05) is 5.73 Å². The highest BCUT2D eigenvalue weighted by molar-refractivity contribution is 9.10. The Labute approximate surface area is 110 Å². The van der Waals surface area contributed by atoms with E-state index in [2.05, 4.69) is 20.9 Å². The first-order valence-electron chi connectivity index (χ1n) is 4.96. The molecule has 0 saturated heterocycles. The molecular formula is C12H8BrF3N2. The van der Waals surface area contributed by atoms with E-state index in [4.69, 9.17) is 5.73 Å². The Balaban J connectivity index is 2.51. The van der Waals surface area contributed by atoms with Gasteiger partial charge in [-0.15, -0.1) is 0 Å². The zero-order valence-corrected chi connectivity index (χ0v) is 10.6. The van der Waals surface area contributed by atoms with Gasteiger partial charge in [-0.3, -0.25) is 0 Å². The maximum Gasteiger partial charge on any atom is 0.416 e. The zero-order chi connectivity index (χ0) is 13.3. The van der Waals surface area contributed by atoms with Crippen LogP contribution in [0.2, 0.25) is 0 Å². The first-order valence-corrected chi connectivity index (χ1v) is 5.76. The number of benzene rings is 1. The summed E-state index contributed by atoms with van der Waals surface area (Å²) >= 11 is 3.14. The van der Waals surface area contributed by atoms with Gasteiger partial charge >= 0.3 is 6.18 Å². The number of nitrogens with two attached hydrogens (primary N) is 1. The quantitative estimate of drug-likeness (QED) is 0.804. The van der Waals surface area contributed by atoms with Crippen LogP contribution in [0.4, 0.5) is 18.9 Å². The summed E-state index contributed by atoms with van der Waals surface area (Å²) in [5, 5.41) is 0. The second-order valence-corrected chi connectivity index (χ2v) is 4.49. The van der Waals surface area contributed by atoms with Gasteiger partial charge in [0, 0.05) is 17.4 Å². The van der Waals surface area contributed by atoms with E-state index in [-0.39, 0.29) is 0 Å². The summed E-state index contributed by atoms with van der Waals surface area (Å²) in [6.45, 7) is 0. The molecule has 0 saturated carbocycles. The van der Waals surface area contributed by atoms with Crippen molar-refractivity contribution in [3.8, 4) is 11.1 Å². The molecule has 2 rings (SSSR count). The lowest BCUT2D eigenvalue weighted by Gasteiger charge is -2.10. The number of hydrogen-bond donors (Lipinski definition) is 1. The van der Waals surface area contributed by atoms with Crippen molar-refractivity contribution >= 4 is 21.6 Å². The molecule has 0 aliphatic carbocycles. The number of hydrogen-bond acceptors (Lipinski definition) is 2. The minimum atomic E-state index is -4.37. The molecule has 0 aliphatic rings. The molecule has 0 spiro atoms. The van der Waals surface area contributed by atoms with E-state index >= 15 is 0 Å². The SMILES string of the molecule is Nc1cc(Br)ncc1-c1cccc(C(F)(F)F)c1. The summed E-state index contributed by atoms with van der Waals surface area (Å²) in [5.74, 6) is 0. The van der Waals surface area contributed by atoms with Crippen molar-refractivity contribution in [2.24, 2.45) is 0 Å². The Morgan fingerprint density at radius 2 is 1.89 bits per heavy atom. The van der Waals surface area contributed by atoms with Gasteiger partial charge < -0.3 is 5.73 Å². The number of anilines is 1. The Bertz CT molecular complexity index is 582. The van der Waals surface area contributed by atoms with Gasteiger partial charge in [0.25, 0.3) is 0 Å². The highest BCUT2D eigenvalue weighted by atomic mass is 79.9. The number of alkyl halides is 3. The first-order chi connectivity index (χ1) is 8.38. The number of rotatable bonds is 1. The summed E-state index contributed by atoms with van der Waals surface area (Å²) in [4.78, 5) is 3.96. The van der Waals surface area contributed by atoms with Crippen molar-refractivity contribution in [1.82, 2.24) is 4.98 Å². The van der Waals surface area contributed by atoms with Crippen LogP contribution >= 0.6 is 15.9 Å². The molecule has 2 nitrogen and oxygen atoms in total. The van der Waals surface area contributed by atoms with Crippen LogP contribution in [0, 0.1) is 0 Å². The van der Waals surface area contributed by atoms with Gasteiger partial charge in [0.05, 0.1) is 5.56 Å². The van der Waals surface area contributed by atoms with Crippen LogP contribution in [0.3, 0.4) is 0 Å². The number of halogens is 4. The number of nitrogens with zero attached hydrogens (tertiary/aromatic N) is 1. The van der Waals surface area contributed by atoms with Crippen LogP contribution in [0.1, 0.15) is 5.56 Å². The van der Waals surface area contributed by atoms with E-state index in [0.29, 0.717) is 21.4 Å². The van der Waals surface area contributed by atoms with Gasteiger partial charge in [-0.25, -0.2) is 4.98 Å². The average molecular weight is 317 g/mol. The van der Waals surface area contributed by atoms with Crippen molar-refractivity contribution in [3.05, 3.63) is 46.7 Å². The Hall–Kier alpha value is -1.56. The molecule has 1 aromatic carbocycles. The van der Waals surface area contributed by atoms with Crippen LogP contribution in [0.5, 0.6) is 0 Å². The highest BCUT2D eigenvalue weighted by Crippen LogP contribution is 2.33. The molecule has 94 valence electrons. The zero-order valence-electron chi connectivity index (χ0n) is 9.00.